The SMILES string of the molecule is O=C(O)c1cccc(S(=O)(=O)c2cccc(CO)c2)c1. The van der Waals surface area contributed by atoms with Crippen LogP contribution in [-0.4, -0.2) is 24.6 Å². The van der Waals surface area contributed by atoms with Crippen LogP contribution in [0.15, 0.2) is 58.3 Å². The molecule has 0 bridgehead atoms. The van der Waals surface area contributed by atoms with Crippen LogP contribution in [0.3, 0.4) is 0 Å². The fraction of sp³-hybridized carbons (Fsp3) is 0.0714. The van der Waals surface area contributed by atoms with Gasteiger partial charge in [-0.1, -0.05) is 18.2 Å². The Morgan fingerprint density at radius 3 is 2.20 bits per heavy atom. The molecule has 0 radical (unpaired) electrons. The number of aromatic carboxylic acids is 1. The van der Waals surface area contributed by atoms with Crippen LogP contribution in [0.2, 0.25) is 0 Å². The van der Waals surface area contributed by atoms with E-state index in [0.29, 0.717) is 5.56 Å². The minimum Gasteiger partial charge on any atom is -0.478 e. The van der Waals surface area contributed by atoms with E-state index >= 15 is 0 Å². The molecule has 104 valence electrons. The summed E-state index contributed by atoms with van der Waals surface area (Å²) in [5.74, 6) is -1.19. The van der Waals surface area contributed by atoms with Crippen LogP contribution in [0.25, 0.3) is 0 Å². The molecule has 2 N–H and O–H groups in total. The van der Waals surface area contributed by atoms with Crippen LogP contribution in [0.5, 0.6) is 0 Å². The fourth-order valence-electron chi connectivity index (χ4n) is 1.74. The third-order valence-electron chi connectivity index (χ3n) is 2.78. The van der Waals surface area contributed by atoms with Gasteiger partial charge in [0.2, 0.25) is 9.84 Å². The lowest BCUT2D eigenvalue weighted by Crippen LogP contribution is -2.05. The zero-order chi connectivity index (χ0) is 14.8. The van der Waals surface area contributed by atoms with Gasteiger partial charge in [0.15, 0.2) is 0 Å². The quantitative estimate of drug-likeness (QED) is 0.895. The number of sulfone groups is 1. The van der Waals surface area contributed by atoms with E-state index in [1.165, 1.54) is 36.4 Å². The lowest BCUT2D eigenvalue weighted by atomic mass is 10.2. The predicted octanol–water partition coefficient (Wildman–Crippen LogP) is 1.71. The molecule has 0 saturated carbocycles. The Hall–Kier alpha value is -2.18. The summed E-state index contributed by atoms with van der Waals surface area (Å²) >= 11 is 0. The number of carbonyl (C=O) groups is 1. The molecule has 5 nitrogen and oxygen atoms in total. The van der Waals surface area contributed by atoms with Gasteiger partial charge in [-0.25, -0.2) is 13.2 Å². The lowest BCUT2D eigenvalue weighted by Gasteiger charge is -2.06. The van der Waals surface area contributed by atoms with E-state index in [1.807, 2.05) is 0 Å². The first-order valence-electron chi connectivity index (χ1n) is 5.73. The van der Waals surface area contributed by atoms with Crippen molar-refractivity contribution in [2.75, 3.05) is 0 Å². The summed E-state index contributed by atoms with van der Waals surface area (Å²) in [6.45, 7) is -0.265. The Bertz CT molecular complexity index is 750. The highest BCUT2D eigenvalue weighted by atomic mass is 32.2. The number of hydrogen-bond donors (Lipinski definition) is 2. The van der Waals surface area contributed by atoms with Crippen molar-refractivity contribution in [2.45, 2.75) is 16.4 Å². The molecule has 2 rings (SSSR count). The summed E-state index contributed by atoms with van der Waals surface area (Å²) in [6.07, 6.45) is 0. The second-order valence-electron chi connectivity index (χ2n) is 4.14. The summed E-state index contributed by atoms with van der Waals surface area (Å²) < 4.78 is 24.8. The molecule has 0 saturated heterocycles. The van der Waals surface area contributed by atoms with Crippen LogP contribution in [0.4, 0.5) is 0 Å². The van der Waals surface area contributed by atoms with E-state index in [4.69, 9.17) is 10.2 Å². The van der Waals surface area contributed by atoms with Gasteiger partial charge in [0, 0.05) is 0 Å². The van der Waals surface area contributed by atoms with E-state index in [9.17, 15) is 13.2 Å². The molecule has 0 fully saturated rings. The van der Waals surface area contributed by atoms with Crippen molar-refractivity contribution in [1.29, 1.82) is 0 Å². The third-order valence-corrected chi connectivity index (χ3v) is 4.53. The van der Waals surface area contributed by atoms with Crippen molar-refractivity contribution in [3.63, 3.8) is 0 Å². The zero-order valence-electron chi connectivity index (χ0n) is 10.4. The Labute approximate surface area is 116 Å². The van der Waals surface area contributed by atoms with Crippen molar-refractivity contribution < 1.29 is 23.4 Å². The van der Waals surface area contributed by atoms with Gasteiger partial charge in [0.1, 0.15) is 0 Å². The van der Waals surface area contributed by atoms with Gasteiger partial charge in [0.05, 0.1) is 22.0 Å². The third kappa shape index (κ3) is 2.71. The zero-order valence-corrected chi connectivity index (χ0v) is 11.2. The molecule has 0 amide bonds. The number of rotatable bonds is 4. The maximum absolute atomic E-state index is 12.4. The van der Waals surface area contributed by atoms with Gasteiger partial charge in [-0.05, 0) is 35.9 Å². The summed E-state index contributed by atoms with van der Waals surface area (Å²) in [5.41, 5.74) is 0.379. The van der Waals surface area contributed by atoms with Crippen LogP contribution in [-0.2, 0) is 16.4 Å². The Kier molecular flexibility index (Phi) is 3.87. The summed E-state index contributed by atoms with van der Waals surface area (Å²) in [4.78, 5) is 10.8. The van der Waals surface area contributed by atoms with E-state index in [0.717, 1.165) is 6.07 Å². The first-order chi connectivity index (χ1) is 9.45. The molecular formula is C14H12O5S. The Balaban J connectivity index is 2.54. The predicted molar refractivity (Wildman–Crippen MR) is 71.2 cm³/mol. The molecule has 0 aliphatic rings. The molecule has 0 aromatic heterocycles. The Morgan fingerprint density at radius 1 is 1.00 bits per heavy atom. The van der Waals surface area contributed by atoms with Crippen molar-refractivity contribution in [3.05, 3.63) is 59.7 Å². The highest BCUT2D eigenvalue weighted by Crippen LogP contribution is 2.22. The number of carboxylic acid groups (broad SMARTS) is 1. The second kappa shape index (κ2) is 5.44. The van der Waals surface area contributed by atoms with Gasteiger partial charge < -0.3 is 10.2 Å². The molecule has 0 atom stereocenters. The van der Waals surface area contributed by atoms with Crippen LogP contribution in [0.1, 0.15) is 15.9 Å². The minimum atomic E-state index is -3.80. The van der Waals surface area contributed by atoms with Gasteiger partial charge in [0.25, 0.3) is 0 Å². The molecule has 20 heavy (non-hydrogen) atoms. The van der Waals surface area contributed by atoms with E-state index in [2.05, 4.69) is 0 Å². The van der Waals surface area contributed by atoms with Crippen molar-refractivity contribution in [2.24, 2.45) is 0 Å². The molecule has 6 heteroatoms. The monoisotopic (exact) mass is 292 g/mol. The molecule has 0 aliphatic carbocycles. The van der Waals surface area contributed by atoms with Gasteiger partial charge >= 0.3 is 5.97 Å². The summed E-state index contributed by atoms with van der Waals surface area (Å²) in [5, 5.41) is 17.9. The van der Waals surface area contributed by atoms with E-state index < -0.39 is 15.8 Å². The number of benzene rings is 2. The minimum absolute atomic E-state index is 0.0200. The molecule has 0 aliphatic heterocycles. The standard InChI is InChI=1S/C14H12O5S/c15-9-10-3-1-5-12(7-10)20(18,19)13-6-2-4-11(8-13)14(16)17/h1-8,15H,9H2,(H,16,17). The summed E-state index contributed by atoms with van der Waals surface area (Å²) in [6, 6.07) is 11.1. The van der Waals surface area contributed by atoms with Crippen LogP contribution in [0, 0.1) is 0 Å². The molecule has 2 aromatic rings. The average molecular weight is 292 g/mol. The van der Waals surface area contributed by atoms with E-state index in [1.54, 1.807) is 6.07 Å². The van der Waals surface area contributed by atoms with Crippen molar-refractivity contribution in [3.8, 4) is 0 Å². The number of aliphatic hydroxyl groups excluding tert-OH is 1. The van der Waals surface area contributed by atoms with Gasteiger partial charge in [-0.3, -0.25) is 0 Å². The van der Waals surface area contributed by atoms with Gasteiger partial charge in [-0.2, -0.15) is 0 Å². The maximum atomic E-state index is 12.4. The average Bonchev–Trinajstić information content (AvgIpc) is 2.47. The molecule has 0 heterocycles. The second-order valence-corrected chi connectivity index (χ2v) is 6.09. The molecule has 0 spiro atoms. The first-order valence-corrected chi connectivity index (χ1v) is 7.21. The van der Waals surface area contributed by atoms with Crippen LogP contribution < -0.4 is 0 Å². The van der Waals surface area contributed by atoms with Gasteiger partial charge in [-0.15, -0.1) is 0 Å². The Morgan fingerprint density at radius 2 is 1.60 bits per heavy atom. The lowest BCUT2D eigenvalue weighted by molar-refractivity contribution is 0.0696. The van der Waals surface area contributed by atoms with Crippen LogP contribution >= 0.6 is 0 Å². The number of carboxylic acids is 1. The maximum Gasteiger partial charge on any atom is 0.335 e. The smallest absolute Gasteiger partial charge is 0.335 e. The number of aliphatic hydroxyl groups is 1. The highest BCUT2D eigenvalue weighted by molar-refractivity contribution is 7.91. The highest BCUT2D eigenvalue weighted by Gasteiger charge is 2.19. The normalized spacial score (nSPS) is 11.2. The van der Waals surface area contributed by atoms with E-state index in [-0.39, 0.29) is 22.0 Å². The topological polar surface area (TPSA) is 91.7 Å². The van der Waals surface area contributed by atoms with Crippen molar-refractivity contribution >= 4 is 15.8 Å². The molecule has 0 unspecified atom stereocenters. The molecular weight excluding hydrogens is 280 g/mol. The number of hydrogen-bond acceptors (Lipinski definition) is 4. The summed E-state index contributed by atoms with van der Waals surface area (Å²) in [7, 11) is -3.80. The first kappa shape index (κ1) is 14.2. The fourth-order valence-corrected chi connectivity index (χ4v) is 3.12. The van der Waals surface area contributed by atoms with Crippen molar-refractivity contribution in [1.82, 2.24) is 0 Å². The largest absolute Gasteiger partial charge is 0.478 e. The molecule has 2 aromatic carbocycles.